The highest BCUT2D eigenvalue weighted by Crippen LogP contribution is 2.49. The third-order valence-corrected chi connectivity index (χ3v) is 4.06. The Morgan fingerprint density at radius 3 is 2.69 bits per heavy atom. The molecule has 0 amide bonds. The molecule has 0 aromatic carbocycles. The lowest BCUT2D eigenvalue weighted by atomic mass is 9.74. The van der Waals surface area contributed by atoms with E-state index < -0.39 is 0 Å². The Labute approximate surface area is 83.2 Å². The number of nitrogens with two attached hydrogens (primary N) is 1. The Morgan fingerprint density at radius 1 is 1.46 bits per heavy atom. The standard InChI is InChI=1S/C10H16N2S/c1-9(2)4-3-5-10(9,11)8-6-13-7-12-8/h6-7H,3-5,11H2,1-2H3. The topological polar surface area (TPSA) is 38.9 Å². The largest absolute Gasteiger partial charge is 0.320 e. The highest BCUT2D eigenvalue weighted by atomic mass is 32.1. The smallest absolute Gasteiger partial charge is 0.0795 e. The van der Waals surface area contributed by atoms with E-state index >= 15 is 0 Å². The van der Waals surface area contributed by atoms with E-state index in [1.54, 1.807) is 11.3 Å². The first-order chi connectivity index (χ1) is 6.06. The van der Waals surface area contributed by atoms with Crippen molar-refractivity contribution in [2.45, 2.75) is 38.6 Å². The fourth-order valence-electron chi connectivity index (χ4n) is 2.28. The average molecular weight is 196 g/mol. The number of rotatable bonds is 1. The maximum absolute atomic E-state index is 6.45. The predicted molar refractivity (Wildman–Crippen MR) is 55.6 cm³/mol. The highest BCUT2D eigenvalue weighted by molar-refractivity contribution is 7.07. The summed E-state index contributed by atoms with van der Waals surface area (Å²) in [6.45, 7) is 4.50. The zero-order valence-corrected chi connectivity index (χ0v) is 9.03. The van der Waals surface area contributed by atoms with Crippen LogP contribution in [0.1, 0.15) is 38.8 Å². The second-order valence-corrected chi connectivity index (χ2v) is 5.30. The van der Waals surface area contributed by atoms with Crippen LogP contribution in [0.4, 0.5) is 0 Å². The third-order valence-electron chi connectivity index (χ3n) is 3.47. The van der Waals surface area contributed by atoms with Gasteiger partial charge in [-0.2, -0.15) is 0 Å². The van der Waals surface area contributed by atoms with Gasteiger partial charge in [-0.05, 0) is 18.3 Å². The van der Waals surface area contributed by atoms with Gasteiger partial charge in [0.05, 0.1) is 16.7 Å². The molecule has 1 unspecified atom stereocenters. The Kier molecular flexibility index (Phi) is 1.96. The van der Waals surface area contributed by atoms with E-state index in [4.69, 9.17) is 5.73 Å². The monoisotopic (exact) mass is 196 g/mol. The molecule has 1 aliphatic rings. The molecular weight excluding hydrogens is 180 g/mol. The van der Waals surface area contributed by atoms with Crippen LogP contribution < -0.4 is 5.73 Å². The Bertz CT molecular complexity index is 292. The van der Waals surface area contributed by atoms with E-state index in [2.05, 4.69) is 24.2 Å². The summed E-state index contributed by atoms with van der Waals surface area (Å²) in [4.78, 5) is 4.36. The van der Waals surface area contributed by atoms with Gasteiger partial charge in [-0.3, -0.25) is 0 Å². The molecule has 2 nitrogen and oxygen atoms in total. The molecular formula is C10H16N2S. The van der Waals surface area contributed by atoms with Gasteiger partial charge in [0.1, 0.15) is 0 Å². The number of hydrogen-bond acceptors (Lipinski definition) is 3. The van der Waals surface area contributed by atoms with E-state index in [1.807, 2.05) is 5.51 Å². The summed E-state index contributed by atoms with van der Waals surface area (Å²) in [6.07, 6.45) is 3.51. The van der Waals surface area contributed by atoms with Gasteiger partial charge in [-0.1, -0.05) is 20.3 Å². The molecule has 72 valence electrons. The van der Waals surface area contributed by atoms with Crippen LogP contribution in [0.15, 0.2) is 10.9 Å². The summed E-state index contributed by atoms with van der Waals surface area (Å²) in [5.41, 5.74) is 9.41. The van der Waals surface area contributed by atoms with Crippen LogP contribution >= 0.6 is 11.3 Å². The minimum atomic E-state index is -0.187. The molecule has 2 rings (SSSR count). The molecule has 1 atom stereocenters. The van der Waals surface area contributed by atoms with E-state index in [-0.39, 0.29) is 11.0 Å². The maximum Gasteiger partial charge on any atom is 0.0795 e. The van der Waals surface area contributed by atoms with Crippen molar-refractivity contribution in [2.75, 3.05) is 0 Å². The molecule has 0 spiro atoms. The average Bonchev–Trinajstić information content (AvgIpc) is 2.61. The maximum atomic E-state index is 6.45. The van der Waals surface area contributed by atoms with E-state index in [0.717, 1.165) is 12.1 Å². The van der Waals surface area contributed by atoms with Crippen molar-refractivity contribution in [2.24, 2.45) is 11.1 Å². The van der Waals surface area contributed by atoms with Crippen LogP contribution in [0.2, 0.25) is 0 Å². The van der Waals surface area contributed by atoms with Gasteiger partial charge in [0.25, 0.3) is 0 Å². The second-order valence-electron chi connectivity index (χ2n) is 4.58. The van der Waals surface area contributed by atoms with Crippen molar-refractivity contribution in [1.82, 2.24) is 4.98 Å². The van der Waals surface area contributed by atoms with Crippen molar-refractivity contribution < 1.29 is 0 Å². The van der Waals surface area contributed by atoms with Gasteiger partial charge < -0.3 is 5.73 Å². The van der Waals surface area contributed by atoms with Crippen LogP contribution in [0.25, 0.3) is 0 Å². The lowest BCUT2D eigenvalue weighted by Crippen LogP contribution is -2.45. The number of hydrogen-bond donors (Lipinski definition) is 1. The van der Waals surface area contributed by atoms with E-state index in [9.17, 15) is 0 Å². The summed E-state index contributed by atoms with van der Waals surface area (Å²) < 4.78 is 0. The van der Waals surface area contributed by atoms with Gasteiger partial charge in [0.15, 0.2) is 0 Å². The van der Waals surface area contributed by atoms with Gasteiger partial charge >= 0.3 is 0 Å². The van der Waals surface area contributed by atoms with Crippen LogP contribution in [0.5, 0.6) is 0 Å². The molecule has 0 saturated heterocycles. The van der Waals surface area contributed by atoms with Gasteiger partial charge in [0, 0.05) is 5.38 Å². The van der Waals surface area contributed by atoms with Crippen LogP contribution in [-0.4, -0.2) is 4.98 Å². The molecule has 1 heterocycles. The Hall–Kier alpha value is -0.410. The highest BCUT2D eigenvalue weighted by Gasteiger charge is 2.48. The van der Waals surface area contributed by atoms with Crippen molar-refractivity contribution >= 4 is 11.3 Å². The molecule has 0 radical (unpaired) electrons. The zero-order chi connectivity index (χ0) is 9.53. The molecule has 1 saturated carbocycles. The molecule has 0 aliphatic heterocycles. The molecule has 1 aliphatic carbocycles. The molecule has 3 heteroatoms. The predicted octanol–water partition coefficient (Wildman–Crippen LogP) is 2.51. The minimum absolute atomic E-state index is 0.187. The van der Waals surface area contributed by atoms with Crippen LogP contribution in [-0.2, 0) is 5.54 Å². The van der Waals surface area contributed by atoms with Crippen LogP contribution in [0.3, 0.4) is 0 Å². The number of aromatic nitrogens is 1. The molecule has 0 bridgehead atoms. The summed E-state index contributed by atoms with van der Waals surface area (Å²) in [5.74, 6) is 0. The number of thiazole rings is 1. The van der Waals surface area contributed by atoms with Gasteiger partial charge in [-0.25, -0.2) is 4.98 Å². The summed E-state index contributed by atoms with van der Waals surface area (Å²) in [6, 6.07) is 0. The quantitative estimate of drug-likeness (QED) is 0.749. The second kappa shape index (κ2) is 2.79. The summed E-state index contributed by atoms with van der Waals surface area (Å²) >= 11 is 1.63. The molecule has 2 N–H and O–H groups in total. The van der Waals surface area contributed by atoms with Gasteiger partial charge in [-0.15, -0.1) is 11.3 Å². The molecule has 1 aromatic rings. The Balaban J connectivity index is 2.40. The summed E-state index contributed by atoms with van der Waals surface area (Å²) in [7, 11) is 0. The van der Waals surface area contributed by atoms with Crippen molar-refractivity contribution in [3.8, 4) is 0 Å². The lowest BCUT2D eigenvalue weighted by Gasteiger charge is -2.36. The summed E-state index contributed by atoms with van der Waals surface area (Å²) in [5, 5.41) is 2.09. The Morgan fingerprint density at radius 2 is 2.23 bits per heavy atom. The first kappa shape index (κ1) is 9.16. The zero-order valence-electron chi connectivity index (χ0n) is 8.21. The molecule has 1 fully saturated rings. The SMILES string of the molecule is CC1(C)CCCC1(N)c1cscn1. The van der Waals surface area contributed by atoms with Crippen molar-refractivity contribution in [3.63, 3.8) is 0 Å². The molecule has 1 aromatic heterocycles. The first-order valence-corrected chi connectivity index (χ1v) is 5.68. The van der Waals surface area contributed by atoms with E-state index in [0.29, 0.717) is 0 Å². The lowest BCUT2D eigenvalue weighted by molar-refractivity contribution is 0.205. The third kappa shape index (κ3) is 1.22. The molecule has 13 heavy (non-hydrogen) atoms. The van der Waals surface area contributed by atoms with E-state index in [1.165, 1.54) is 12.8 Å². The normalized spacial score (nSPS) is 32.2. The van der Waals surface area contributed by atoms with Crippen LogP contribution in [0, 0.1) is 5.41 Å². The number of nitrogens with zero attached hydrogens (tertiary/aromatic N) is 1. The minimum Gasteiger partial charge on any atom is -0.320 e. The van der Waals surface area contributed by atoms with Gasteiger partial charge in [0.2, 0.25) is 0 Å². The fourth-order valence-corrected chi connectivity index (χ4v) is 2.91. The fraction of sp³-hybridized carbons (Fsp3) is 0.700. The van der Waals surface area contributed by atoms with Crippen molar-refractivity contribution in [1.29, 1.82) is 0 Å². The van der Waals surface area contributed by atoms with Crippen molar-refractivity contribution in [3.05, 3.63) is 16.6 Å². The first-order valence-electron chi connectivity index (χ1n) is 4.74.